The molecule has 0 aliphatic heterocycles. The van der Waals surface area contributed by atoms with Crippen molar-refractivity contribution in [3.05, 3.63) is 40.5 Å². The lowest BCUT2D eigenvalue weighted by atomic mass is 9.60. The highest BCUT2D eigenvalue weighted by Crippen LogP contribution is 2.59. The number of aliphatic hydroxyl groups is 4. The lowest BCUT2D eigenvalue weighted by Gasteiger charge is -2.53. The molecule has 2 aromatic carbocycles. The number of phenols is 3. The first-order valence-corrected chi connectivity index (χ1v) is 12.4. The Morgan fingerprint density at radius 3 is 2.21 bits per heavy atom. The van der Waals surface area contributed by atoms with E-state index in [0.717, 1.165) is 6.08 Å². The van der Waals surface area contributed by atoms with Gasteiger partial charge in [-0.1, -0.05) is 26.8 Å². The molecular formula is C27H37N3O8. The summed E-state index contributed by atoms with van der Waals surface area (Å²) in [6, 6.07) is 1.96. The molecule has 0 radical (unpaired) electrons. The molecule has 38 heavy (non-hydrogen) atoms. The Bertz CT molecular complexity index is 1320. The first-order valence-electron chi connectivity index (χ1n) is 12.4. The van der Waals surface area contributed by atoms with E-state index in [0.29, 0.717) is 12.1 Å². The summed E-state index contributed by atoms with van der Waals surface area (Å²) in [5, 5.41) is 82.3. The molecular weight excluding hydrogens is 494 g/mol. The quantitative estimate of drug-likeness (QED) is 0.241. The summed E-state index contributed by atoms with van der Waals surface area (Å²) in [6.45, 7) is 7.03. The highest BCUT2D eigenvalue weighted by Gasteiger charge is 2.61. The number of fused-ring (bicyclic) bond motifs is 3. The van der Waals surface area contributed by atoms with Gasteiger partial charge in [0.1, 0.15) is 35.1 Å². The Morgan fingerprint density at radius 2 is 1.66 bits per heavy atom. The largest absolute Gasteiger partial charge is 0.507 e. The van der Waals surface area contributed by atoms with Crippen molar-refractivity contribution in [2.75, 3.05) is 20.6 Å². The number of nitrogens with two attached hydrogens (primary N) is 1. The summed E-state index contributed by atoms with van der Waals surface area (Å²) in [6.07, 6.45) is -4.27. The first-order chi connectivity index (χ1) is 17.5. The van der Waals surface area contributed by atoms with Gasteiger partial charge in [-0.2, -0.15) is 0 Å². The van der Waals surface area contributed by atoms with Crippen LogP contribution in [0, 0.1) is 11.3 Å². The summed E-state index contributed by atoms with van der Waals surface area (Å²) in [4.78, 5) is 13.6. The van der Waals surface area contributed by atoms with Crippen molar-refractivity contribution < 1.29 is 40.5 Å². The third-order valence-electron chi connectivity index (χ3n) is 7.68. The minimum Gasteiger partial charge on any atom is -0.507 e. The van der Waals surface area contributed by atoms with Crippen LogP contribution in [0.3, 0.4) is 0 Å². The summed E-state index contributed by atoms with van der Waals surface area (Å²) < 4.78 is 0. The van der Waals surface area contributed by atoms with Crippen LogP contribution in [0.5, 0.6) is 17.2 Å². The molecule has 0 saturated heterocycles. The molecule has 2 aliphatic rings. The molecule has 11 heteroatoms. The van der Waals surface area contributed by atoms with Gasteiger partial charge in [0.25, 0.3) is 0 Å². The van der Waals surface area contributed by atoms with Crippen molar-refractivity contribution in [3.8, 4) is 17.2 Å². The van der Waals surface area contributed by atoms with E-state index in [2.05, 4.69) is 5.32 Å². The van der Waals surface area contributed by atoms with Gasteiger partial charge in [0.05, 0.1) is 11.5 Å². The van der Waals surface area contributed by atoms with E-state index in [4.69, 9.17) is 5.73 Å². The van der Waals surface area contributed by atoms with Crippen LogP contribution in [-0.2, 0) is 11.3 Å². The van der Waals surface area contributed by atoms with Gasteiger partial charge in [0, 0.05) is 52.7 Å². The Kier molecular flexibility index (Phi) is 6.92. The van der Waals surface area contributed by atoms with E-state index in [9.17, 15) is 40.5 Å². The maximum atomic E-state index is 12.1. The fourth-order valence-electron chi connectivity index (χ4n) is 5.91. The number of amides is 1. The number of nitrogens with zero attached hydrogens (tertiary/aromatic N) is 1. The number of benzene rings is 2. The second-order valence-electron chi connectivity index (χ2n) is 11.8. The zero-order valence-electron chi connectivity index (χ0n) is 22.1. The molecule has 0 bridgehead atoms. The zero-order chi connectivity index (χ0) is 28.5. The second kappa shape index (κ2) is 9.37. The fourth-order valence-corrected chi connectivity index (χ4v) is 5.91. The second-order valence-corrected chi connectivity index (χ2v) is 11.8. The van der Waals surface area contributed by atoms with Crippen molar-refractivity contribution >= 4 is 16.7 Å². The lowest BCUT2D eigenvalue weighted by Crippen LogP contribution is -2.63. The van der Waals surface area contributed by atoms with Gasteiger partial charge in [-0.3, -0.25) is 4.79 Å². The summed E-state index contributed by atoms with van der Waals surface area (Å²) in [7, 11) is 3.11. The molecule has 0 aromatic heterocycles. The number of rotatable bonds is 5. The molecule has 2 aliphatic carbocycles. The number of phenolic OH excluding ortho intramolecular Hbond substituents is 3. The predicted molar refractivity (Wildman–Crippen MR) is 139 cm³/mol. The molecule has 11 nitrogen and oxygen atoms in total. The van der Waals surface area contributed by atoms with E-state index in [1.165, 1.54) is 11.0 Å². The number of carbonyl (C=O) groups excluding carboxylic acids is 1. The molecule has 2 aromatic rings. The van der Waals surface area contributed by atoms with E-state index in [-0.39, 0.29) is 39.6 Å². The van der Waals surface area contributed by atoms with Crippen LogP contribution in [0.4, 0.5) is 0 Å². The van der Waals surface area contributed by atoms with E-state index in [1.807, 2.05) is 20.8 Å². The van der Waals surface area contributed by atoms with Gasteiger partial charge >= 0.3 is 0 Å². The number of aliphatic hydroxyl groups excluding tert-OH is 3. The number of carbonyl (C=O) groups is 1. The number of nitrogens with one attached hydrogen (secondary N) is 1. The van der Waals surface area contributed by atoms with Crippen molar-refractivity contribution in [2.24, 2.45) is 17.1 Å². The maximum Gasteiger partial charge on any atom is 0.247 e. The van der Waals surface area contributed by atoms with Gasteiger partial charge in [0.2, 0.25) is 5.91 Å². The molecule has 0 heterocycles. The predicted octanol–water partition coefficient (Wildman–Crippen LogP) is 0.236. The van der Waals surface area contributed by atoms with Crippen LogP contribution in [0.25, 0.3) is 10.8 Å². The van der Waals surface area contributed by atoms with Crippen LogP contribution in [0.1, 0.15) is 49.7 Å². The zero-order valence-corrected chi connectivity index (χ0v) is 22.1. The molecule has 208 valence electrons. The molecule has 10 N–H and O–H groups in total. The van der Waals surface area contributed by atoms with E-state index >= 15 is 0 Å². The Hall–Kier alpha value is -2.93. The first kappa shape index (κ1) is 28.1. The standard InChI is InChI=1S/C27H37N3O8/c1-26(2,3)10-29-9-11-6-7-12-14(19(11)31)22(34)16-15(20(12)32)23(35)17-18(30(4)5)21(33)13(25(28)37)8-27(17,38)24(16)36/h6-8,17-18,21,23-24,29,31-36,38H,9-10H2,1-5H3,(H2,28,37)/t17-,18+,21?,23+,24?,27+/m1/s1. The normalized spacial score (nSPS) is 29.2. The third kappa shape index (κ3) is 4.19. The van der Waals surface area contributed by atoms with Gasteiger partial charge in [-0.05, 0) is 31.7 Å². The van der Waals surface area contributed by atoms with Crippen molar-refractivity contribution in [2.45, 2.75) is 57.3 Å². The number of hydrogen-bond acceptors (Lipinski definition) is 10. The summed E-state index contributed by atoms with van der Waals surface area (Å²) in [5.74, 6) is -3.84. The molecule has 2 unspecified atom stereocenters. The number of hydrogen-bond donors (Lipinski definition) is 9. The minimum atomic E-state index is -2.37. The monoisotopic (exact) mass is 531 g/mol. The van der Waals surface area contributed by atoms with Crippen molar-refractivity contribution in [1.29, 1.82) is 0 Å². The van der Waals surface area contributed by atoms with Gasteiger partial charge in [-0.15, -0.1) is 0 Å². The summed E-state index contributed by atoms with van der Waals surface area (Å²) >= 11 is 0. The smallest absolute Gasteiger partial charge is 0.247 e. The molecule has 4 rings (SSSR count). The number of likely N-dealkylation sites (N-methyl/N-ethyl adjacent to an activating group) is 1. The molecule has 6 atom stereocenters. The van der Waals surface area contributed by atoms with Crippen molar-refractivity contribution in [3.63, 3.8) is 0 Å². The molecule has 0 fully saturated rings. The fraction of sp³-hybridized carbons (Fsp3) is 0.519. The maximum absolute atomic E-state index is 12.1. The van der Waals surface area contributed by atoms with Crippen LogP contribution in [-0.4, -0.2) is 84.9 Å². The highest BCUT2D eigenvalue weighted by molar-refractivity contribution is 6.01. The van der Waals surface area contributed by atoms with Crippen LogP contribution in [0.15, 0.2) is 23.8 Å². The van der Waals surface area contributed by atoms with Gasteiger partial charge < -0.3 is 51.7 Å². The topological polar surface area (TPSA) is 200 Å². The van der Waals surface area contributed by atoms with Gasteiger partial charge in [-0.25, -0.2) is 0 Å². The van der Waals surface area contributed by atoms with Gasteiger partial charge in [0.15, 0.2) is 0 Å². The third-order valence-corrected chi connectivity index (χ3v) is 7.68. The molecule has 0 spiro atoms. The molecule has 0 saturated carbocycles. The Labute approximate surface area is 220 Å². The van der Waals surface area contributed by atoms with E-state index < -0.39 is 58.8 Å². The number of primary amides is 1. The molecule has 1 amide bonds. The van der Waals surface area contributed by atoms with Crippen LogP contribution in [0.2, 0.25) is 0 Å². The van der Waals surface area contributed by atoms with Crippen LogP contribution < -0.4 is 11.1 Å². The number of aromatic hydroxyl groups is 3. The van der Waals surface area contributed by atoms with Crippen molar-refractivity contribution in [1.82, 2.24) is 10.2 Å². The average molecular weight is 532 g/mol. The Balaban J connectivity index is 1.95. The minimum absolute atomic E-state index is 0.0204. The van der Waals surface area contributed by atoms with E-state index in [1.54, 1.807) is 20.2 Å². The average Bonchev–Trinajstić information content (AvgIpc) is 2.80. The highest BCUT2D eigenvalue weighted by atomic mass is 16.4. The lowest BCUT2D eigenvalue weighted by molar-refractivity contribution is -0.169. The van der Waals surface area contributed by atoms with Crippen LogP contribution >= 0.6 is 0 Å². The SMILES string of the molecule is CN(C)[C@@H]1C(O)C(C(N)=O)=C[C@@]2(O)C(O)c3c(c(O)c4ccc(CNCC(C)(C)C)c(O)c4c3O)[C@H](O)[C@@H]12. The Morgan fingerprint density at radius 1 is 1.03 bits per heavy atom. The summed E-state index contributed by atoms with van der Waals surface area (Å²) in [5.41, 5.74) is 2.46.